The maximum Gasteiger partial charge on any atom is 0.168 e. The number of benzene rings is 3. The van der Waals surface area contributed by atoms with Gasteiger partial charge in [-0.05, 0) is 35.6 Å². The van der Waals surface area contributed by atoms with Crippen LogP contribution >= 0.6 is 0 Å². The minimum Gasteiger partial charge on any atom is -0.490 e. The highest BCUT2D eigenvalue weighted by Gasteiger charge is 2.14. The summed E-state index contributed by atoms with van der Waals surface area (Å²) in [5.74, 6) is 1.77. The fourth-order valence-corrected chi connectivity index (χ4v) is 4.60. The lowest BCUT2D eigenvalue weighted by atomic mass is 9.99. The van der Waals surface area contributed by atoms with E-state index in [4.69, 9.17) is 9.47 Å². The fourth-order valence-electron chi connectivity index (χ4n) is 4.60. The standard InChI is InChI=1S/C34H46O2/c1-3-5-7-9-11-16-27-35-33-22-18-21-32(34(33)36-28-17-12-10-8-6-4-2)31-25-23-30(24-26-31)29-19-14-13-15-20-29/h13-15,18-26H,3-12,16-17,27-28H2,1-2H3. The second-order valence-corrected chi connectivity index (χ2v) is 9.81. The first-order chi connectivity index (χ1) is 17.8. The quantitative estimate of drug-likeness (QED) is 0.166. The SMILES string of the molecule is CCCCCCCCOc1cccc(-c2ccc(-c3ccccc3)cc2)c1OCCCCCCCC. The second-order valence-electron chi connectivity index (χ2n) is 9.81. The van der Waals surface area contributed by atoms with Gasteiger partial charge >= 0.3 is 0 Å². The van der Waals surface area contributed by atoms with E-state index in [9.17, 15) is 0 Å². The normalized spacial score (nSPS) is 10.9. The van der Waals surface area contributed by atoms with Gasteiger partial charge in [-0.2, -0.15) is 0 Å². The molecule has 0 amide bonds. The summed E-state index contributed by atoms with van der Waals surface area (Å²) in [7, 11) is 0. The summed E-state index contributed by atoms with van der Waals surface area (Å²) in [6.45, 7) is 6.01. The third-order valence-corrected chi connectivity index (χ3v) is 6.78. The van der Waals surface area contributed by atoms with E-state index in [1.807, 2.05) is 0 Å². The molecule has 3 aromatic rings. The average Bonchev–Trinajstić information content (AvgIpc) is 2.93. The fraction of sp³-hybridized carbons (Fsp3) is 0.471. The Balaban J connectivity index is 1.68. The Labute approximate surface area is 220 Å². The number of unbranched alkanes of at least 4 members (excludes halogenated alkanes) is 10. The van der Waals surface area contributed by atoms with Crippen LogP contribution in [0, 0.1) is 0 Å². The van der Waals surface area contributed by atoms with E-state index in [0.717, 1.165) is 48.7 Å². The van der Waals surface area contributed by atoms with Crippen molar-refractivity contribution in [2.75, 3.05) is 13.2 Å². The molecule has 0 aliphatic carbocycles. The molecule has 0 fully saturated rings. The Morgan fingerprint density at radius 2 is 0.972 bits per heavy atom. The molecule has 0 aromatic heterocycles. The first-order valence-corrected chi connectivity index (χ1v) is 14.4. The predicted molar refractivity (Wildman–Crippen MR) is 155 cm³/mol. The molecule has 3 aromatic carbocycles. The maximum absolute atomic E-state index is 6.43. The first-order valence-electron chi connectivity index (χ1n) is 14.4. The van der Waals surface area contributed by atoms with Gasteiger partial charge in [0.1, 0.15) is 0 Å². The monoisotopic (exact) mass is 486 g/mol. The average molecular weight is 487 g/mol. The highest BCUT2D eigenvalue weighted by molar-refractivity contribution is 5.76. The largest absolute Gasteiger partial charge is 0.490 e. The zero-order chi connectivity index (χ0) is 25.3. The number of rotatable bonds is 18. The van der Waals surface area contributed by atoms with Crippen LogP contribution in [0.4, 0.5) is 0 Å². The van der Waals surface area contributed by atoms with E-state index in [0.29, 0.717) is 0 Å². The van der Waals surface area contributed by atoms with Crippen LogP contribution in [0.25, 0.3) is 22.3 Å². The summed E-state index contributed by atoms with van der Waals surface area (Å²) in [6.07, 6.45) is 15.1. The molecule has 0 aliphatic heterocycles. The Morgan fingerprint density at radius 3 is 1.61 bits per heavy atom. The molecule has 2 heteroatoms. The van der Waals surface area contributed by atoms with Gasteiger partial charge in [0, 0.05) is 5.56 Å². The Hall–Kier alpha value is -2.74. The summed E-state index contributed by atoms with van der Waals surface area (Å²) in [6, 6.07) is 25.7. The molecule has 0 unspecified atom stereocenters. The summed E-state index contributed by atoms with van der Waals surface area (Å²) < 4.78 is 12.7. The molecule has 0 atom stereocenters. The molecular weight excluding hydrogens is 440 g/mol. The van der Waals surface area contributed by atoms with Crippen molar-refractivity contribution in [2.45, 2.75) is 90.9 Å². The van der Waals surface area contributed by atoms with Gasteiger partial charge in [-0.3, -0.25) is 0 Å². The highest BCUT2D eigenvalue weighted by atomic mass is 16.5. The van der Waals surface area contributed by atoms with Crippen LogP contribution in [0.3, 0.4) is 0 Å². The Morgan fingerprint density at radius 1 is 0.444 bits per heavy atom. The molecule has 0 saturated heterocycles. The zero-order valence-corrected chi connectivity index (χ0v) is 22.6. The van der Waals surface area contributed by atoms with Crippen LogP contribution < -0.4 is 9.47 Å². The van der Waals surface area contributed by atoms with Crippen molar-refractivity contribution in [3.8, 4) is 33.8 Å². The second kappa shape index (κ2) is 16.8. The van der Waals surface area contributed by atoms with Crippen LogP contribution in [0.2, 0.25) is 0 Å². The zero-order valence-electron chi connectivity index (χ0n) is 22.6. The lowest BCUT2D eigenvalue weighted by molar-refractivity contribution is 0.259. The number of hydrogen-bond acceptors (Lipinski definition) is 2. The number of para-hydroxylation sites is 1. The summed E-state index contributed by atoms with van der Waals surface area (Å²) >= 11 is 0. The van der Waals surface area contributed by atoms with E-state index < -0.39 is 0 Å². The van der Waals surface area contributed by atoms with Gasteiger partial charge in [-0.25, -0.2) is 0 Å². The van der Waals surface area contributed by atoms with Gasteiger partial charge in [-0.1, -0.05) is 145 Å². The summed E-state index contributed by atoms with van der Waals surface area (Å²) in [4.78, 5) is 0. The predicted octanol–water partition coefficient (Wildman–Crippen LogP) is 10.5. The molecule has 0 N–H and O–H groups in total. The van der Waals surface area contributed by atoms with Crippen molar-refractivity contribution < 1.29 is 9.47 Å². The van der Waals surface area contributed by atoms with Crippen LogP contribution in [0.15, 0.2) is 72.8 Å². The minimum atomic E-state index is 0.735. The van der Waals surface area contributed by atoms with Gasteiger partial charge in [0.25, 0.3) is 0 Å². The molecule has 0 radical (unpaired) electrons. The molecule has 0 spiro atoms. The number of hydrogen-bond donors (Lipinski definition) is 0. The van der Waals surface area contributed by atoms with Crippen molar-refractivity contribution in [3.63, 3.8) is 0 Å². The van der Waals surface area contributed by atoms with E-state index in [2.05, 4.69) is 86.6 Å². The minimum absolute atomic E-state index is 0.735. The first kappa shape index (κ1) is 27.8. The summed E-state index contributed by atoms with van der Waals surface area (Å²) in [5, 5.41) is 0. The smallest absolute Gasteiger partial charge is 0.168 e. The third kappa shape index (κ3) is 9.37. The molecule has 3 rings (SSSR count). The molecule has 0 heterocycles. The summed E-state index contributed by atoms with van der Waals surface area (Å²) in [5.41, 5.74) is 4.74. The van der Waals surface area contributed by atoms with Crippen molar-refractivity contribution in [3.05, 3.63) is 72.8 Å². The van der Waals surface area contributed by atoms with Crippen LogP contribution in [0.1, 0.15) is 90.9 Å². The van der Waals surface area contributed by atoms with Crippen LogP contribution in [-0.2, 0) is 0 Å². The van der Waals surface area contributed by atoms with Crippen LogP contribution in [0.5, 0.6) is 11.5 Å². The van der Waals surface area contributed by atoms with Gasteiger partial charge in [0.15, 0.2) is 11.5 Å². The molecule has 0 bridgehead atoms. The molecule has 0 aliphatic rings. The topological polar surface area (TPSA) is 18.5 Å². The Bertz CT molecular complexity index is 962. The van der Waals surface area contributed by atoms with Crippen molar-refractivity contribution >= 4 is 0 Å². The van der Waals surface area contributed by atoms with Crippen molar-refractivity contribution in [1.82, 2.24) is 0 Å². The van der Waals surface area contributed by atoms with E-state index in [-0.39, 0.29) is 0 Å². The highest BCUT2D eigenvalue weighted by Crippen LogP contribution is 2.39. The molecule has 194 valence electrons. The Kier molecular flexibility index (Phi) is 13.0. The van der Waals surface area contributed by atoms with E-state index in [1.165, 1.54) is 75.3 Å². The van der Waals surface area contributed by atoms with Gasteiger partial charge in [-0.15, -0.1) is 0 Å². The van der Waals surface area contributed by atoms with Crippen molar-refractivity contribution in [1.29, 1.82) is 0 Å². The van der Waals surface area contributed by atoms with Crippen LogP contribution in [-0.4, -0.2) is 13.2 Å². The van der Waals surface area contributed by atoms with E-state index >= 15 is 0 Å². The molecular formula is C34H46O2. The maximum atomic E-state index is 6.43. The lowest BCUT2D eigenvalue weighted by Gasteiger charge is -2.17. The molecule has 0 saturated carbocycles. The van der Waals surface area contributed by atoms with Gasteiger partial charge in [0.05, 0.1) is 13.2 Å². The van der Waals surface area contributed by atoms with E-state index in [1.54, 1.807) is 0 Å². The van der Waals surface area contributed by atoms with Crippen molar-refractivity contribution in [2.24, 2.45) is 0 Å². The van der Waals surface area contributed by atoms with Gasteiger partial charge in [0.2, 0.25) is 0 Å². The third-order valence-electron chi connectivity index (χ3n) is 6.78. The molecule has 36 heavy (non-hydrogen) atoms. The molecule has 2 nitrogen and oxygen atoms in total. The number of ether oxygens (including phenoxy) is 2. The van der Waals surface area contributed by atoms with Gasteiger partial charge < -0.3 is 9.47 Å². The lowest BCUT2D eigenvalue weighted by Crippen LogP contribution is -2.04.